The first-order valence-electron chi connectivity index (χ1n) is 8.86. The number of hydrogen-bond donors (Lipinski definition) is 2. The molecule has 132 valence electrons. The van der Waals surface area contributed by atoms with Crippen molar-refractivity contribution in [2.24, 2.45) is 0 Å². The van der Waals surface area contributed by atoms with Crippen LogP contribution in [0.5, 0.6) is 0 Å². The van der Waals surface area contributed by atoms with Gasteiger partial charge in [0.25, 0.3) is 0 Å². The number of carbonyl (C=O) groups is 1. The Morgan fingerprint density at radius 1 is 1.28 bits per heavy atom. The number of carbonyl (C=O) groups excluding carboxylic acids is 1. The Morgan fingerprint density at radius 3 is 2.64 bits per heavy atom. The predicted octanol–water partition coefficient (Wildman–Crippen LogP) is 5.14. The van der Waals surface area contributed by atoms with E-state index in [-0.39, 0.29) is 17.7 Å². The lowest BCUT2D eigenvalue weighted by Crippen LogP contribution is -2.20. The highest BCUT2D eigenvalue weighted by molar-refractivity contribution is 7.80. The molecule has 3 rings (SSSR count). The van der Waals surface area contributed by atoms with Crippen molar-refractivity contribution in [1.29, 1.82) is 0 Å². The van der Waals surface area contributed by atoms with Crippen LogP contribution < -0.4 is 5.32 Å². The summed E-state index contributed by atoms with van der Waals surface area (Å²) in [4.78, 5) is 17.6. The van der Waals surface area contributed by atoms with E-state index in [4.69, 9.17) is 4.98 Å². The summed E-state index contributed by atoms with van der Waals surface area (Å²) < 4.78 is 1.77. The van der Waals surface area contributed by atoms with Crippen molar-refractivity contribution >= 4 is 30.2 Å². The van der Waals surface area contributed by atoms with Crippen LogP contribution in [0.4, 0.5) is 11.6 Å². The minimum Gasteiger partial charge on any atom is -0.325 e. The van der Waals surface area contributed by atoms with Crippen LogP contribution in [0, 0.1) is 0 Å². The molecular weight excluding hydrogens is 330 g/mol. The maximum atomic E-state index is 12.8. The zero-order chi connectivity index (χ0) is 18.0. The average molecular weight is 356 g/mol. The van der Waals surface area contributed by atoms with Crippen LogP contribution in [-0.4, -0.2) is 21.2 Å². The van der Waals surface area contributed by atoms with Gasteiger partial charge in [0.15, 0.2) is 0 Å². The molecule has 1 N–H and O–H groups in total. The van der Waals surface area contributed by atoms with Crippen LogP contribution >= 0.6 is 12.6 Å². The molecule has 0 bridgehead atoms. The van der Waals surface area contributed by atoms with Crippen molar-refractivity contribution in [3.63, 3.8) is 0 Å². The van der Waals surface area contributed by atoms with Crippen LogP contribution in [0.25, 0.3) is 0 Å². The summed E-state index contributed by atoms with van der Waals surface area (Å²) in [6.07, 6.45) is 3.68. The molecule has 0 fully saturated rings. The zero-order valence-corrected chi connectivity index (χ0v) is 15.9. The average Bonchev–Trinajstić information content (AvgIpc) is 2.99. The van der Waals surface area contributed by atoms with Crippen LogP contribution in [-0.2, 0) is 0 Å². The van der Waals surface area contributed by atoms with E-state index in [1.165, 1.54) is 5.57 Å². The summed E-state index contributed by atoms with van der Waals surface area (Å²) in [6, 6.07) is 9.85. The Morgan fingerprint density at radius 2 is 2.00 bits per heavy atom. The molecule has 2 atom stereocenters. The molecule has 0 saturated carbocycles. The van der Waals surface area contributed by atoms with E-state index in [1.807, 2.05) is 30.3 Å². The van der Waals surface area contributed by atoms with Crippen molar-refractivity contribution < 1.29 is 4.79 Å². The van der Waals surface area contributed by atoms with Gasteiger partial charge < -0.3 is 5.32 Å². The summed E-state index contributed by atoms with van der Waals surface area (Å²) in [5.41, 5.74) is 4.33. The van der Waals surface area contributed by atoms with Crippen LogP contribution in [0.1, 0.15) is 61.6 Å². The molecule has 5 heteroatoms. The lowest BCUT2D eigenvalue weighted by Gasteiger charge is -2.24. The van der Waals surface area contributed by atoms with Gasteiger partial charge >= 0.3 is 0 Å². The first kappa shape index (κ1) is 17.8. The van der Waals surface area contributed by atoms with Crippen molar-refractivity contribution in [3.8, 4) is 0 Å². The van der Waals surface area contributed by atoms with Gasteiger partial charge in [-0.1, -0.05) is 50.6 Å². The minimum absolute atomic E-state index is 0.0366. The number of para-hydroxylation sites is 1. The number of thiol groups is 1. The highest BCUT2D eigenvalue weighted by atomic mass is 32.1. The third kappa shape index (κ3) is 3.38. The fourth-order valence-electron chi connectivity index (χ4n) is 3.54. The number of nitrogens with zero attached hydrogens (tertiary/aromatic N) is 2. The van der Waals surface area contributed by atoms with E-state index in [2.05, 4.69) is 44.8 Å². The van der Waals surface area contributed by atoms with Gasteiger partial charge in [-0.2, -0.15) is 12.6 Å². The highest BCUT2D eigenvalue weighted by Crippen LogP contribution is 2.40. The van der Waals surface area contributed by atoms with Gasteiger partial charge in [0.1, 0.15) is 0 Å². The summed E-state index contributed by atoms with van der Waals surface area (Å²) in [5, 5.41) is 3.33. The first-order valence-corrected chi connectivity index (χ1v) is 9.49. The largest absolute Gasteiger partial charge is 0.325 e. The molecular formula is C20H25N3OS. The molecule has 1 aromatic heterocycles. The highest BCUT2D eigenvalue weighted by Gasteiger charge is 2.31. The second-order valence-electron chi connectivity index (χ2n) is 6.51. The third-order valence-corrected chi connectivity index (χ3v) is 5.04. The van der Waals surface area contributed by atoms with Crippen molar-refractivity contribution in [1.82, 2.24) is 9.55 Å². The Hall–Kier alpha value is -2.01. The van der Waals surface area contributed by atoms with Gasteiger partial charge in [-0.25, -0.2) is 4.98 Å². The van der Waals surface area contributed by atoms with Gasteiger partial charge in [0, 0.05) is 23.9 Å². The summed E-state index contributed by atoms with van der Waals surface area (Å²) >= 11 is 4.23. The summed E-state index contributed by atoms with van der Waals surface area (Å²) in [6.45, 7) is 6.48. The van der Waals surface area contributed by atoms with Gasteiger partial charge in [0.05, 0.1) is 11.4 Å². The second-order valence-corrected chi connectivity index (χ2v) is 6.95. The third-order valence-electron chi connectivity index (χ3n) is 4.82. The molecule has 1 heterocycles. The summed E-state index contributed by atoms with van der Waals surface area (Å²) in [7, 11) is 0. The number of imidazole rings is 1. The van der Waals surface area contributed by atoms with Crippen LogP contribution in [0.15, 0.2) is 42.0 Å². The lowest BCUT2D eigenvalue weighted by atomic mass is 9.83. The number of allylic oxidation sites excluding steroid dienone is 2. The number of fused-ring (bicyclic) bond motifs is 1. The molecule has 1 aliphatic carbocycles. The van der Waals surface area contributed by atoms with E-state index in [0.717, 1.165) is 23.5 Å². The monoisotopic (exact) mass is 355 g/mol. The molecule has 4 nitrogen and oxygen atoms in total. The molecule has 25 heavy (non-hydrogen) atoms. The van der Waals surface area contributed by atoms with Crippen molar-refractivity contribution in [2.75, 3.05) is 11.1 Å². The maximum absolute atomic E-state index is 12.8. The van der Waals surface area contributed by atoms with E-state index < -0.39 is 0 Å². The van der Waals surface area contributed by atoms with E-state index in [0.29, 0.717) is 18.1 Å². The van der Waals surface area contributed by atoms with Crippen molar-refractivity contribution in [3.05, 3.63) is 53.4 Å². The predicted molar refractivity (Wildman–Crippen MR) is 106 cm³/mol. The number of aromatic nitrogens is 2. The quantitative estimate of drug-likeness (QED) is 0.576. The first-order chi connectivity index (χ1) is 12.1. The van der Waals surface area contributed by atoms with E-state index in [9.17, 15) is 4.79 Å². The lowest BCUT2D eigenvalue weighted by molar-refractivity contribution is 0.0909. The number of rotatable bonds is 5. The molecule has 0 amide bonds. The Labute approximate surface area is 154 Å². The topological polar surface area (TPSA) is 46.9 Å². The van der Waals surface area contributed by atoms with E-state index in [1.54, 1.807) is 4.57 Å². The van der Waals surface area contributed by atoms with Gasteiger partial charge in [0.2, 0.25) is 11.9 Å². The normalized spacial score (nSPS) is 19.3. The van der Waals surface area contributed by atoms with Crippen LogP contribution in [0.2, 0.25) is 0 Å². The van der Waals surface area contributed by atoms with Gasteiger partial charge in [-0.3, -0.25) is 9.36 Å². The smallest absolute Gasteiger partial charge is 0.234 e. The fraction of sp³-hybridized carbons (Fsp3) is 0.400. The number of anilines is 2. The Balaban J connectivity index is 2.10. The standard InChI is InChI=1S/C20H25N3OS/c1-4-15-12-13(2)19-18(14(15)3)22-20(23(19)17(24)10-11-25)21-16-8-6-5-7-9-16/h5-9,12-14,25H,4,10-11H2,1-3H3,(H,21,22). The summed E-state index contributed by atoms with van der Waals surface area (Å²) in [5.74, 6) is 1.57. The number of nitrogens with one attached hydrogen (secondary N) is 1. The molecule has 0 saturated heterocycles. The van der Waals surface area contributed by atoms with Gasteiger partial charge in [-0.15, -0.1) is 0 Å². The zero-order valence-electron chi connectivity index (χ0n) is 15.0. The molecule has 2 unspecified atom stereocenters. The molecule has 0 radical (unpaired) electrons. The molecule has 1 aliphatic rings. The molecule has 0 spiro atoms. The fourth-order valence-corrected chi connectivity index (χ4v) is 3.74. The number of benzene rings is 1. The number of hydrogen-bond acceptors (Lipinski definition) is 4. The Kier molecular flexibility index (Phi) is 5.33. The molecule has 2 aromatic rings. The van der Waals surface area contributed by atoms with E-state index >= 15 is 0 Å². The van der Waals surface area contributed by atoms with Gasteiger partial charge in [-0.05, 0) is 24.3 Å². The maximum Gasteiger partial charge on any atom is 0.234 e. The minimum atomic E-state index is 0.0366. The second kappa shape index (κ2) is 7.48. The SMILES string of the molecule is CCC1=CC(C)c2c(nc(Nc3ccccc3)n2C(=O)CCS)C1C. The van der Waals surface area contributed by atoms with Crippen molar-refractivity contribution in [2.45, 2.75) is 45.4 Å². The molecule has 0 aliphatic heterocycles. The molecule has 1 aromatic carbocycles. The Bertz CT molecular complexity index is 795. The van der Waals surface area contributed by atoms with Crippen LogP contribution in [0.3, 0.4) is 0 Å².